The van der Waals surface area contributed by atoms with Crippen molar-refractivity contribution >= 4 is 11.8 Å². The van der Waals surface area contributed by atoms with E-state index >= 15 is 0 Å². The van der Waals surface area contributed by atoms with E-state index in [9.17, 15) is 0 Å². The third-order valence-electron chi connectivity index (χ3n) is 2.03. The van der Waals surface area contributed by atoms with Crippen LogP contribution in [0.25, 0.3) is 0 Å². The molecule has 0 aromatic heterocycles. The average molecular weight is 204 g/mol. The van der Waals surface area contributed by atoms with E-state index in [1.165, 1.54) is 12.3 Å². The first-order valence-electron chi connectivity index (χ1n) is 4.84. The van der Waals surface area contributed by atoms with E-state index in [4.69, 9.17) is 0 Å². The lowest BCUT2D eigenvalue weighted by Gasteiger charge is -2.30. The van der Waals surface area contributed by atoms with Crippen LogP contribution >= 0.6 is 11.8 Å². The van der Waals surface area contributed by atoms with Crippen molar-refractivity contribution in [2.45, 2.75) is 13.8 Å². The Bertz CT molecular complexity index is 126. The molecule has 80 valence electrons. The molecule has 0 aliphatic carbocycles. The van der Waals surface area contributed by atoms with E-state index in [0.29, 0.717) is 5.41 Å². The van der Waals surface area contributed by atoms with Crippen molar-refractivity contribution in [3.05, 3.63) is 0 Å². The van der Waals surface area contributed by atoms with Crippen molar-refractivity contribution in [3.63, 3.8) is 0 Å². The summed E-state index contributed by atoms with van der Waals surface area (Å²) >= 11 is 1.91. The Kier molecular flexibility index (Phi) is 6.82. The smallest absolute Gasteiger partial charge is 0.00694 e. The molecule has 2 nitrogen and oxygen atoms in total. The van der Waals surface area contributed by atoms with Crippen molar-refractivity contribution in [1.82, 2.24) is 10.2 Å². The maximum atomic E-state index is 3.24. The summed E-state index contributed by atoms with van der Waals surface area (Å²) in [4.78, 5) is 2.41. The van der Waals surface area contributed by atoms with Gasteiger partial charge in [0, 0.05) is 25.4 Å². The zero-order valence-corrected chi connectivity index (χ0v) is 10.5. The molecule has 0 bridgehead atoms. The van der Waals surface area contributed by atoms with Gasteiger partial charge in [-0.1, -0.05) is 13.8 Å². The molecule has 3 heteroatoms. The SMILES string of the molecule is CNCC(C)(C)CN(C)CCSC. The summed E-state index contributed by atoms with van der Waals surface area (Å²) in [7, 11) is 4.22. The van der Waals surface area contributed by atoms with Crippen molar-refractivity contribution in [2.75, 3.05) is 45.7 Å². The second kappa shape index (κ2) is 6.68. The molecule has 0 fully saturated rings. The second-order valence-electron chi connectivity index (χ2n) is 4.43. The van der Waals surface area contributed by atoms with Gasteiger partial charge in [-0.05, 0) is 25.8 Å². The number of thioether (sulfide) groups is 1. The Morgan fingerprint density at radius 1 is 1.38 bits per heavy atom. The number of rotatable bonds is 7. The van der Waals surface area contributed by atoms with Crippen molar-refractivity contribution in [3.8, 4) is 0 Å². The molecule has 0 rings (SSSR count). The monoisotopic (exact) mass is 204 g/mol. The van der Waals surface area contributed by atoms with Crippen LogP contribution in [0.15, 0.2) is 0 Å². The van der Waals surface area contributed by atoms with Crippen LogP contribution in [-0.4, -0.2) is 50.6 Å². The molecule has 0 aliphatic heterocycles. The molecule has 0 heterocycles. The quantitative estimate of drug-likeness (QED) is 0.677. The van der Waals surface area contributed by atoms with Gasteiger partial charge >= 0.3 is 0 Å². The molecule has 0 atom stereocenters. The minimum Gasteiger partial charge on any atom is -0.319 e. The zero-order valence-electron chi connectivity index (χ0n) is 9.68. The first-order valence-corrected chi connectivity index (χ1v) is 6.23. The van der Waals surface area contributed by atoms with E-state index < -0.39 is 0 Å². The number of nitrogens with one attached hydrogen (secondary N) is 1. The van der Waals surface area contributed by atoms with Gasteiger partial charge in [-0.25, -0.2) is 0 Å². The third-order valence-corrected chi connectivity index (χ3v) is 2.62. The maximum Gasteiger partial charge on any atom is 0.00694 e. The van der Waals surface area contributed by atoms with E-state index in [1.807, 2.05) is 18.8 Å². The molecule has 0 aromatic rings. The Morgan fingerprint density at radius 3 is 2.46 bits per heavy atom. The summed E-state index contributed by atoms with van der Waals surface area (Å²) in [5.41, 5.74) is 0.377. The zero-order chi connectivity index (χ0) is 10.3. The van der Waals surface area contributed by atoms with Gasteiger partial charge in [-0.2, -0.15) is 11.8 Å². The lowest BCUT2D eigenvalue weighted by atomic mass is 9.93. The minimum absolute atomic E-state index is 0.377. The molecule has 1 N–H and O–H groups in total. The van der Waals surface area contributed by atoms with E-state index in [1.54, 1.807) is 0 Å². The van der Waals surface area contributed by atoms with Gasteiger partial charge in [0.05, 0.1) is 0 Å². The molecule has 0 unspecified atom stereocenters. The number of nitrogens with zero attached hydrogens (tertiary/aromatic N) is 1. The molecule has 0 aromatic carbocycles. The molecule has 0 amide bonds. The van der Waals surface area contributed by atoms with E-state index in [0.717, 1.165) is 13.1 Å². The van der Waals surface area contributed by atoms with Crippen LogP contribution in [0.1, 0.15) is 13.8 Å². The first-order chi connectivity index (χ1) is 6.02. The van der Waals surface area contributed by atoms with Crippen LogP contribution in [0.2, 0.25) is 0 Å². The Balaban J connectivity index is 3.68. The summed E-state index contributed by atoms with van der Waals surface area (Å²) in [6.45, 7) is 8.04. The highest BCUT2D eigenvalue weighted by Crippen LogP contribution is 2.14. The van der Waals surface area contributed by atoms with Gasteiger partial charge in [0.25, 0.3) is 0 Å². The molecular formula is C10H24N2S. The highest BCUT2D eigenvalue weighted by atomic mass is 32.2. The van der Waals surface area contributed by atoms with E-state index in [2.05, 4.69) is 37.4 Å². The fraction of sp³-hybridized carbons (Fsp3) is 1.00. The van der Waals surface area contributed by atoms with Gasteiger partial charge in [0.15, 0.2) is 0 Å². The van der Waals surface area contributed by atoms with Crippen molar-refractivity contribution in [2.24, 2.45) is 5.41 Å². The van der Waals surface area contributed by atoms with Gasteiger partial charge in [0.2, 0.25) is 0 Å². The van der Waals surface area contributed by atoms with E-state index in [-0.39, 0.29) is 0 Å². The lowest BCUT2D eigenvalue weighted by molar-refractivity contribution is 0.216. The predicted octanol–water partition coefficient (Wildman–Crippen LogP) is 1.53. The predicted molar refractivity (Wildman–Crippen MR) is 63.6 cm³/mol. The molecule has 0 radical (unpaired) electrons. The average Bonchev–Trinajstić information content (AvgIpc) is 1.99. The summed E-state index contributed by atoms with van der Waals surface area (Å²) in [5.74, 6) is 1.23. The largest absolute Gasteiger partial charge is 0.319 e. The highest BCUT2D eigenvalue weighted by Gasteiger charge is 2.18. The second-order valence-corrected chi connectivity index (χ2v) is 5.41. The van der Waals surface area contributed by atoms with Crippen LogP contribution in [0.3, 0.4) is 0 Å². The van der Waals surface area contributed by atoms with Crippen molar-refractivity contribution in [1.29, 1.82) is 0 Å². The third kappa shape index (κ3) is 7.35. The summed E-state index contributed by atoms with van der Waals surface area (Å²) in [6, 6.07) is 0. The van der Waals surface area contributed by atoms with Crippen LogP contribution in [0.5, 0.6) is 0 Å². The van der Waals surface area contributed by atoms with Crippen LogP contribution in [0, 0.1) is 5.41 Å². The van der Waals surface area contributed by atoms with Crippen LogP contribution < -0.4 is 5.32 Å². The normalized spacial score (nSPS) is 12.5. The molecular weight excluding hydrogens is 180 g/mol. The number of hydrogen-bond acceptors (Lipinski definition) is 3. The van der Waals surface area contributed by atoms with Gasteiger partial charge < -0.3 is 10.2 Å². The van der Waals surface area contributed by atoms with Gasteiger partial charge in [-0.3, -0.25) is 0 Å². The van der Waals surface area contributed by atoms with Crippen LogP contribution in [-0.2, 0) is 0 Å². The standard InChI is InChI=1S/C10H24N2S/c1-10(2,8-11-3)9-12(4)6-7-13-5/h11H,6-9H2,1-5H3. The molecule has 0 saturated carbocycles. The maximum absolute atomic E-state index is 3.24. The first kappa shape index (κ1) is 13.3. The molecule has 0 saturated heterocycles. The summed E-state index contributed by atoms with van der Waals surface area (Å²) in [5, 5.41) is 3.24. The fourth-order valence-electron chi connectivity index (χ4n) is 1.59. The Morgan fingerprint density at radius 2 is 2.00 bits per heavy atom. The van der Waals surface area contributed by atoms with Gasteiger partial charge in [-0.15, -0.1) is 0 Å². The minimum atomic E-state index is 0.377. The molecule has 0 aliphatic rings. The lowest BCUT2D eigenvalue weighted by Crippen LogP contribution is -2.38. The molecule has 0 spiro atoms. The fourth-order valence-corrected chi connectivity index (χ4v) is 2.09. The molecule has 13 heavy (non-hydrogen) atoms. The Hall–Kier alpha value is 0.270. The number of hydrogen-bond donors (Lipinski definition) is 1. The highest BCUT2D eigenvalue weighted by molar-refractivity contribution is 7.98. The topological polar surface area (TPSA) is 15.3 Å². The summed E-state index contributed by atoms with van der Waals surface area (Å²) in [6.07, 6.45) is 2.16. The summed E-state index contributed by atoms with van der Waals surface area (Å²) < 4.78 is 0. The Labute approximate surface area is 87.5 Å². The van der Waals surface area contributed by atoms with Gasteiger partial charge in [0.1, 0.15) is 0 Å². The van der Waals surface area contributed by atoms with Crippen molar-refractivity contribution < 1.29 is 0 Å². The van der Waals surface area contributed by atoms with Crippen LogP contribution in [0.4, 0.5) is 0 Å².